The summed E-state index contributed by atoms with van der Waals surface area (Å²) >= 11 is 0. The van der Waals surface area contributed by atoms with Crippen LogP contribution >= 0.6 is 0 Å². The van der Waals surface area contributed by atoms with E-state index >= 15 is 0 Å². The fourth-order valence-corrected chi connectivity index (χ4v) is 3.52. The van der Waals surface area contributed by atoms with Crippen molar-refractivity contribution in [3.8, 4) is 0 Å². The van der Waals surface area contributed by atoms with E-state index in [0.717, 1.165) is 31.2 Å². The van der Waals surface area contributed by atoms with Crippen molar-refractivity contribution in [2.75, 3.05) is 12.3 Å². The zero-order valence-corrected chi connectivity index (χ0v) is 12.6. The number of carbonyl (C=O) groups is 1. The highest BCUT2D eigenvalue weighted by molar-refractivity contribution is 5.95. The van der Waals surface area contributed by atoms with Crippen LogP contribution in [-0.4, -0.2) is 24.3 Å². The van der Waals surface area contributed by atoms with Gasteiger partial charge in [0, 0.05) is 18.5 Å². The lowest BCUT2D eigenvalue weighted by atomic mass is 9.90. The second-order valence-corrected chi connectivity index (χ2v) is 6.29. The minimum atomic E-state index is -0.309. The number of nitrogens with two attached hydrogens (primary N) is 1. The van der Waals surface area contributed by atoms with E-state index in [0.29, 0.717) is 17.9 Å². The summed E-state index contributed by atoms with van der Waals surface area (Å²) in [5.41, 5.74) is 7.84. The molecule has 1 aromatic carbocycles. The third kappa shape index (κ3) is 2.91. The van der Waals surface area contributed by atoms with E-state index in [1.807, 2.05) is 19.1 Å². The van der Waals surface area contributed by atoms with Gasteiger partial charge >= 0.3 is 5.97 Å². The van der Waals surface area contributed by atoms with E-state index < -0.39 is 0 Å². The van der Waals surface area contributed by atoms with Gasteiger partial charge < -0.3 is 15.2 Å². The summed E-state index contributed by atoms with van der Waals surface area (Å²) in [4.78, 5) is 12.3. The highest BCUT2D eigenvalue weighted by atomic mass is 16.6. The first-order valence-corrected chi connectivity index (χ1v) is 7.80. The summed E-state index contributed by atoms with van der Waals surface area (Å²) in [5.74, 6) is -0.309. The second-order valence-electron chi connectivity index (χ2n) is 6.29. The first-order chi connectivity index (χ1) is 10.1. The van der Waals surface area contributed by atoms with Crippen molar-refractivity contribution >= 4 is 11.7 Å². The molecule has 1 unspecified atom stereocenters. The lowest BCUT2D eigenvalue weighted by molar-refractivity contribution is -0.117. The monoisotopic (exact) mass is 289 g/mol. The Hall–Kier alpha value is -1.55. The molecule has 0 aromatic heterocycles. The lowest BCUT2D eigenvalue weighted by Gasteiger charge is -2.37. The third-order valence-corrected chi connectivity index (χ3v) is 4.78. The zero-order chi connectivity index (χ0) is 14.9. The number of hydrogen-bond acceptors (Lipinski definition) is 4. The Morgan fingerprint density at radius 3 is 2.90 bits per heavy atom. The normalized spacial score (nSPS) is 24.1. The molecular formula is C17H23NO3. The molecule has 0 amide bonds. The number of benzene rings is 1. The van der Waals surface area contributed by atoms with Gasteiger partial charge in [0.25, 0.3) is 0 Å². The average molecular weight is 289 g/mol. The van der Waals surface area contributed by atoms with Crippen LogP contribution < -0.4 is 5.73 Å². The Labute approximate surface area is 125 Å². The van der Waals surface area contributed by atoms with E-state index in [1.54, 1.807) is 6.07 Å². The molecule has 0 bridgehead atoms. The molecule has 4 heteroatoms. The van der Waals surface area contributed by atoms with Gasteiger partial charge in [-0.15, -0.1) is 0 Å². The molecule has 3 rings (SSSR count). The molecule has 1 aliphatic heterocycles. The van der Waals surface area contributed by atoms with Crippen molar-refractivity contribution in [2.45, 2.75) is 57.2 Å². The van der Waals surface area contributed by atoms with Gasteiger partial charge in [0.1, 0.15) is 6.10 Å². The number of carbonyl (C=O) groups excluding carboxylic acids is 1. The lowest BCUT2D eigenvalue weighted by Crippen LogP contribution is -2.41. The van der Waals surface area contributed by atoms with Crippen LogP contribution in [0.4, 0.5) is 5.69 Å². The Bertz CT molecular complexity index is 535. The molecule has 21 heavy (non-hydrogen) atoms. The van der Waals surface area contributed by atoms with Crippen molar-refractivity contribution in [3.63, 3.8) is 0 Å². The van der Waals surface area contributed by atoms with E-state index in [2.05, 4.69) is 0 Å². The van der Waals surface area contributed by atoms with Crippen molar-refractivity contribution < 1.29 is 14.3 Å². The predicted octanol–water partition coefficient (Wildman–Crippen LogP) is 3.23. The van der Waals surface area contributed by atoms with Crippen LogP contribution in [0.2, 0.25) is 0 Å². The summed E-state index contributed by atoms with van der Waals surface area (Å²) in [6, 6.07) is 5.47. The van der Waals surface area contributed by atoms with Crippen LogP contribution in [0.25, 0.3) is 0 Å². The van der Waals surface area contributed by atoms with E-state index in [9.17, 15) is 4.79 Å². The summed E-state index contributed by atoms with van der Waals surface area (Å²) in [5, 5.41) is 0. The van der Waals surface area contributed by atoms with Gasteiger partial charge in [-0.1, -0.05) is 25.0 Å². The van der Waals surface area contributed by atoms with Crippen LogP contribution in [0.5, 0.6) is 0 Å². The molecule has 1 spiro atoms. The summed E-state index contributed by atoms with van der Waals surface area (Å²) in [6.45, 7) is 2.58. The van der Waals surface area contributed by atoms with Crippen LogP contribution in [0, 0.1) is 6.92 Å². The number of para-hydroxylation sites is 1. The number of esters is 1. The Balaban J connectivity index is 1.68. The highest BCUT2D eigenvalue weighted by Crippen LogP contribution is 2.40. The minimum Gasteiger partial charge on any atom is -0.459 e. The van der Waals surface area contributed by atoms with Crippen molar-refractivity contribution in [2.24, 2.45) is 0 Å². The molecule has 1 atom stereocenters. The molecular weight excluding hydrogens is 266 g/mol. The van der Waals surface area contributed by atoms with Crippen molar-refractivity contribution in [1.82, 2.24) is 0 Å². The van der Waals surface area contributed by atoms with Crippen molar-refractivity contribution in [1.29, 1.82) is 0 Å². The Morgan fingerprint density at radius 2 is 2.14 bits per heavy atom. The maximum Gasteiger partial charge on any atom is 0.340 e. The SMILES string of the molecule is Cc1cccc(C(=O)OC2CCOC3(CCCC3)C2)c1N. The highest BCUT2D eigenvalue weighted by Gasteiger charge is 2.41. The molecule has 1 heterocycles. The number of ether oxygens (including phenoxy) is 2. The van der Waals surface area contributed by atoms with Gasteiger partial charge in [-0.05, 0) is 31.4 Å². The average Bonchev–Trinajstić information content (AvgIpc) is 2.89. The topological polar surface area (TPSA) is 61.5 Å². The minimum absolute atomic E-state index is 0.0403. The number of nitrogen functional groups attached to an aromatic ring is 1. The molecule has 1 aromatic rings. The molecule has 1 saturated heterocycles. The maximum atomic E-state index is 12.3. The van der Waals surface area contributed by atoms with Crippen LogP contribution in [0.3, 0.4) is 0 Å². The molecule has 2 N–H and O–H groups in total. The standard InChI is InChI=1S/C17H23NO3/c1-12-5-4-6-14(15(12)18)16(19)21-13-7-10-20-17(11-13)8-2-3-9-17/h4-6,13H,2-3,7-11,18H2,1H3. The summed E-state index contributed by atoms with van der Waals surface area (Å²) < 4.78 is 11.7. The predicted molar refractivity (Wildman–Crippen MR) is 81.2 cm³/mol. The fraction of sp³-hybridized carbons (Fsp3) is 0.588. The Morgan fingerprint density at radius 1 is 1.38 bits per heavy atom. The van der Waals surface area contributed by atoms with E-state index in [1.165, 1.54) is 12.8 Å². The molecule has 2 aliphatic rings. The summed E-state index contributed by atoms with van der Waals surface area (Å²) in [7, 11) is 0. The quantitative estimate of drug-likeness (QED) is 0.670. The number of rotatable bonds is 2. The van der Waals surface area contributed by atoms with Crippen LogP contribution in [-0.2, 0) is 9.47 Å². The fourth-order valence-electron chi connectivity index (χ4n) is 3.52. The summed E-state index contributed by atoms with van der Waals surface area (Å²) in [6.07, 6.45) is 6.16. The van der Waals surface area contributed by atoms with Gasteiger partial charge in [-0.3, -0.25) is 0 Å². The van der Waals surface area contributed by atoms with Gasteiger partial charge in [-0.2, -0.15) is 0 Å². The Kier molecular flexibility index (Phi) is 3.89. The number of aryl methyl sites for hydroxylation is 1. The van der Waals surface area contributed by atoms with E-state index in [4.69, 9.17) is 15.2 Å². The second kappa shape index (κ2) is 5.68. The zero-order valence-electron chi connectivity index (χ0n) is 12.6. The number of anilines is 1. The molecule has 1 aliphatic carbocycles. The maximum absolute atomic E-state index is 12.3. The molecule has 114 valence electrons. The van der Waals surface area contributed by atoms with Gasteiger partial charge in [0.2, 0.25) is 0 Å². The first-order valence-electron chi connectivity index (χ1n) is 7.80. The van der Waals surface area contributed by atoms with Gasteiger partial charge in [0.15, 0.2) is 0 Å². The molecule has 2 fully saturated rings. The first kappa shape index (κ1) is 14.4. The van der Waals surface area contributed by atoms with E-state index in [-0.39, 0.29) is 17.7 Å². The van der Waals surface area contributed by atoms with Crippen LogP contribution in [0.1, 0.15) is 54.4 Å². The molecule has 0 radical (unpaired) electrons. The van der Waals surface area contributed by atoms with Gasteiger partial charge in [0.05, 0.1) is 17.8 Å². The smallest absolute Gasteiger partial charge is 0.340 e. The molecule has 4 nitrogen and oxygen atoms in total. The molecule has 1 saturated carbocycles. The number of hydrogen-bond donors (Lipinski definition) is 1. The van der Waals surface area contributed by atoms with Gasteiger partial charge in [-0.25, -0.2) is 4.79 Å². The van der Waals surface area contributed by atoms with Crippen molar-refractivity contribution in [3.05, 3.63) is 29.3 Å². The van der Waals surface area contributed by atoms with Crippen LogP contribution in [0.15, 0.2) is 18.2 Å². The largest absolute Gasteiger partial charge is 0.459 e. The third-order valence-electron chi connectivity index (χ3n) is 4.78.